The summed E-state index contributed by atoms with van der Waals surface area (Å²) in [5.74, 6) is 0. The summed E-state index contributed by atoms with van der Waals surface area (Å²) in [4.78, 5) is 19.4. The number of fused-ring (bicyclic) bond motifs is 1. The first-order valence-corrected chi connectivity index (χ1v) is 7.06. The lowest BCUT2D eigenvalue weighted by molar-refractivity contribution is 0.259. The summed E-state index contributed by atoms with van der Waals surface area (Å²) in [7, 11) is 0. The van der Waals surface area contributed by atoms with Crippen molar-refractivity contribution in [1.29, 1.82) is 0 Å². The number of anilines is 1. The van der Waals surface area contributed by atoms with Gasteiger partial charge in [0.25, 0.3) is 0 Å². The van der Waals surface area contributed by atoms with Gasteiger partial charge >= 0.3 is 6.03 Å². The van der Waals surface area contributed by atoms with Gasteiger partial charge in [-0.15, -0.1) is 0 Å². The first-order chi connectivity index (χ1) is 10.7. The molecule has 2 aromatic carbocycles. The molecule has 110 valence electrons. The molecule has 0 aliphatic rings. The number of carbonyl (C=O) groups excluding carboxylic acids is 1. The van der Waals surface area contributed by atoms with Gasteiger partial charge in [0.05, 0.1) is 11.0 Å². The lowest BCUT2D eigenvalue weighted by Gasteiger charge is -2.05. The summed E-state index contributed by atoms with van der Waals surface area (Å²) in [6, 6.07) is 13.3. The average Bonchev–Trinajstić information content (AvgIpc) is 2.53. The number of amides is 2. The molecule has 1 aromatic heterocycles. The smallest absolute Gasteiger partial charge is 0.316 e. The molecule has 3 N–H and O–H groups in total. The molecule has 0 saturated heterocycles. The Labute approximate surface area is 128 Å². The number of nitrogens with zero attached hydrogens (tertiary/aromatic N) is 2. The number of urea groups is 1. The fourth-order valence-corrected chi connectivity index (χ4v) is 2.35. The van der Waals surface area contributed by atoms with Gasteiger partial charge in [-0.25, -0.2) is 4.79 Å². The zero-order valence-electron chi connectivity index (χ0n) is 12.0. The molecule has 5 nitrogen and oxygen atoms in total. The molecular weight excluding hydrogens is 276 g/mol. The van der Waals surface area contributed by atoms with Gasteiger partial charge in [0.15, 0.2) is 0 Å². The van der Waals surface area contributed by atoms with Crippen molar-refractivity contribution in [3.8, 4) is 0 Å². The van der Waals surface area contributed by atoms with Gasteiger partial charge in [0.2, 0.25) is 0 Å². The van der Waals surface area contributed by atoms with Crippen LogP contribution in [-0.4, -0.2) is 16.0 Å². The van der Waals surface area contributed by atoms with Crippen LogP contribution in [0.1, 0.15) is 11.1 Å². The first-order valence-electron chi connectivity index (χ1n) is 7.06. The Balaban J connectivity index is 1.67. The van der Waals surface area contributed by atoms with Gasteiger partial charge < -0.3 is 11.1 Å². The third-order valence-electron chi connectivity index (χ3n) is 3.46. The van der Waals surface area contributed by atoms with Gasteiger partial charge in [0.1, 0.15) is 0 Å². The van der Waals surface area contributed by atoms with Crippen molar-refractivity contribution < 1.29 is 4.79 Å². The minimum absolute atomic E-state index is 0.551. The van der Waals surface area contributed by atoms with Crippen LogP contribution in [-0.2, 0) is 12.8 Å². The second-order valence-electron chi connectivity index (χ2n) is 5.07. The molecule has 0 aliphatic heterocycles. The van der Waals surface area contributed by atoms with Crippen molar-refractivity contribution in [1.82, 2.24) is 9.97 Å². The first kappa shape index (κ1) is 14.0. The van der Waals surface area contributed by atoms with Crippen LogP contribution in [0.2, 0.25) is 0 Å². The number of aryl methyl sites for hydroxylation is 2. The Morgan fingerprint density at radius 3 is 2.27 bits per heavy atom. The Hall–Kier alpha value is -2.95. The molecule has 0 spiro atoms. The number of benzene rings is 2. The predicted octanol–water partition coefficient (Wildman–Crippen LogP) is 2.91. The van der Waals surface area contributed by atoms with Crippen molar-refractivity contribution in [2.75, 3.05) is 5.32 Å². The Morgan fingerprint density at radius 2 is 1.55 bits per heavy atom. The topological polar surface area (TPSA) is 80.9 Å². The third-order valence-corrected chi connectivity index (χ3v) is 3.46. The second-order valence-corrected chi connectivity index (χ2v) is 5.07. The zero-order valence-corrected chi connectivity index (χ0v) is 12.0. The number of rotatable bonds is 4. The third kappa shape index (κ3) is 3.38. The Bertz CT molecular complexity index is 799. The fraction of sp³-hybridized carbons (Fsp3) is 0.118. The molecule has 3 rings (SSSR count). The number of primary amides is 1. The summed E-state index contributed by atoms with van der Waals surface area (Å²) in [6.07, 6.45) is 5.25. The molecule has 3 aromatic rings. The highest BCUT2D eigenvalue weighted by atomic mass is 16.2. The number of nitrogens with one attached hydrogen (secondary N) is 1. The van der Waals surface area contributed by atoms with Crippen LogP contribution in [0, 0.1) is 0 Å². The van der Waals surface area contributed by atoms with E-state index in [-0.39, 0.29) is 0 Å². The highest BCUT2D eigenvalue weighted by Crippen LogP contribution is 2.15. The van der Waals surface area contributed by atoms with E-state index in [0.717, 1.165) is 23.9 Å². The summed E-state index contributed by atoms with van der Waals surface area (Å²) in [5, 5.41) is 2.55. The Morgan fingerprint density at radius 1 is 0.909 bits per heavy atom. The van der Waals surface area contributed by atoms with Gasteiger partial charge in [-0.2, -0.15) is 0 Å². The van der Waals surface area contributed by atoms with E-state index < -0.39 is 6.03 Å². The SMILES string of the molecule is NC(=O)Nc1ccc(CCc2ccc3nccnc3c2)cc1. The number of nitrogens with two attached hydrogens (primary N) is 1. The van der Waals surface area contributed by atoms with E-state index >= 15 is 0 Å². The monoisotopic (exact) mass is 292 g/mol. The molecule has 0 atom stereocenters. The van der Waals surface area contributed by atoms with Crippen molar-refractivity contribution in [3.63, 3.8) is 0 Å². The van der Waals surface area contributed by atoms with Crippen LogP contribution < -0.4 is 11.1 Å². The number of aromatic nitrogens is 2. The maximum Gasteiger partial charge on any atom is 0.316 e. The minimum Gasteiger partial charge on any atom is -0.351 e. The van der Waals surface area contributed by atoms with Crippen LogP contribution in [0.5, 0.6) is 0 Å². The van der Waals surface area contributed by atoms with Crippen LogP contribution in [0.4, 0.5) is 10.5 Å². The molecule has 2 amide bonds. The van der Waals surface area contributed by atoms with Crippen molar-refractivity contribution in [3.05, 3.63) is 66.0 Å². The number of carbonyl (C=O) groups is 1. The van der Waals surface area contributed by atoms with Crippen molar-refractivity contribution in [2.24, 2.45) is 5.73 Å². The molecule has 0 saturated carbocycles. The van der Waals surface area contributed by atoms with Gasteiger partial charge in [-0.05, 0) is 48.2 Å². The maximum atomic E-state index is 10.8. The Kier molecular flexibility index (Phi) is 3.96. The second kappa shape index (κ2) is 6.22. The largest absolute Gasteiger partial charge is 0.351 e. The minimum atomic E-state index is -0.551. The van der Waals surface area contributed by atoms with Crippen LogP contribution in [0.25, 0.3) is 11.0 Å². The molecule has 5 heteroatoms. The molecule has 0 radical (unpaired) electrons. The summed E-state index contributed by atoms with van der Waals surface area (Å²) in [5.41, 5.74) is 10.0. The van der Waals surface area contributed by atoms with Crippen LogP contribution in [0.3, 0.4) is 0 Å². The van der Waals surface area contributed by atoms with E-state index in [4.69, 9.17) is 5.73 Å². The maximum absolute atomic E-state index is 10.8. The van der Waals surface area contributed by atoms with E-state index in [2.05, 4.69) is 27.4 Å². The molecule has 0 unspecified atom stereocenters. The van der Waals surface area contributed by atoms with Crippen molar-refractivity contribution >= 4 is 22.8 Å². The van der Waals surface area contributed by atoms with E-state index in [9.17, 15) is 4.79 Å². The predicted molar refractivity (Wildman–Crippen MR) is 86.6 cm³/mol. The van der Waals surface area contributed by atoms with Gasteiger partial charge in [0, 0.05) is 18.1 Å². The fourth-order valence-electron chi connectivity index (χ4n) is 2.35. The molecule has 0 fully saturated rings. The number of hydrogen-bond acceptors (Lipinski definition) is 3. The van der Waals surface area contributed by atoms with Crippen molar-refractivity contribution in [2.45, 2.75) is 12.8 Å². The highest BCUT2D eigenvalue weighted by molar-refractivity contribution is 5.87. The summed E-state index contributed by atoms with van der Waals surface area (Å²) >= 11 is 0. The lowest BCUT2D eigenvalue weighted by Crippen LogP contribution is -2.19. The zero-order chi connectivity index (χ0) is 15.4. The van der Waals surface area contributed by atoms with E-state index in [1.807, 2.05) is 30.3 Å². The van der Waals surface area contributed by atoms with E-state index in [1.165, 1.54) is 11.1 Å². The molecule has 22 heavy (non-hydrogen) atoms. The number of hydrogen-bond donors (Lipinski definition) is 2. The van der Waals surface area contributed by atoms with Crippen LogP contribution >= 0.6 is 0 Å². The molecular formula is C17H16N4O. The normalized spacial score (nSPS) is 10.5. The van der Waals surface area contributed by atoms with Gasteiger partial charge in [-0.3, -0.25) is 9.97 Å². The highest BCUT2D eigenvalue weighted by Gasteiger charge is 2.01. The van der Waals surface area contributed by atoms with Gasteiger partial charge in [-0.1, -0.05) is 18.2 Å². The summed E-state index contributed by atoms with van der Waals surface area (Å²) < 4.78 is 0. The van der Waals surface area contributed by atoms with Crippen LogP contribution in [0.15, 0.2) is 54.9 Å². The lowest BCUT2D eigenvalue weighted by atomic mass is 10.0. The van der Waals surface area contributed by atoms with E-state index in [1.54, 1.807) is 12.4 Å². The standard InChI is InChI=1S/C17H16N4O/c18-17(22)21-14-6-3-12(4-7-14)1-2-13-5-8-15-16(11-13)20-10-9-19-15/h3-11H,1-2H2,(H3,18,21,22). The average molecular weight is 292 g/mol. The molecule has 0 aliphatic carbocycles. The summed E-state index contributed by atoms with van der Waals surface area (Å²) in [6.45, 7) is 0. The molecule has 0 bridgehead atoms. The molecule has 1 heterocycles. The van der Waals surface area contributed by atoms with E-state index in [0.29, 0.717) is 5.69 Å². The quantitative estimate of drug-likeness (QED) is 0.775.